The fourth-order valence-electron chi connectivity index (χ4n) is 6.88. The number of aliphatic hydroxyl groups is 2. The van der Waals surface area contributed by atoms with Crippen molar-refractivity contribution in [3.05, 3.63) is 0 Å². The molecule has 0 radical (unpaired) electrons. The summed E-state index contributed by atoms with van der Waals surface area (Å²) in [5.41, 5.74) is 38.5. The van der Waals surface area contributed by atoms with Gasteiger partial charge in [-0.15, -0.1) is 0 Å². The van der Waals surface area contributed by atoms with E-state index in [9.17, 15) is 58.5 Å². The molecule has 9 atom stereocenters. The van der Waals surface area contributed by atoms with Crippen molar-refractivity contribution in [2.24, 2.45) is 61.0 Å². The minimum atomic E-state index is -1.70. The molecule has 408 valence electrons. The van der Waals surface area contributed by atoms with Crippen molar-refractivity contribution in [1.82, 2.24) is 42.1 Å². The summed E-state index contributed by atoms with van der Waals surface area (Å²) in [4.78, 5) is 133. The van der Waals surface area contributed by atoms with Crippen molar-refractivity contribution in [3.63, 3.8) is 0 Å². The fourth-order valence-corrected chi connectivity index (χ4v) is 7.29. The number of aliphatic hydroxyl groups excluding tert-OH is 2. The molecule has 1 fully saturated rings. The van der Waals surface area contributed by atoms with Gasteiger partial charge in [-0.1, -0.05) is 13.8 Å². The minimum absolute atomic E-state index is 0.00381. The minimum Gasteiger partial charge on any atom is -0.480 e. The molecule has 0 aromatic rings. The van der Waals surface area contributed by atoms with Gasteiger partial charge in [-0.2, -0.15) is 25.3 Å². The number of rotatable bonds is 33. The highest BCUT2D eigenvalue weighted by atomic mass is 32.1. The molecule has 24 N–H and O–H groups in total. The Morgan fingerprint density at radius 2 is 0.972 bits per heavy atom. The normalized spacial score (nSPS) is 16.4. The zero-order valence-corrected chi connectivity index (χ0v) is 42.1. The van der Waals surface area contributed by atoms with Crippen LogP contribution in [-0.4, -0.2) is 197 Å². The Hall–Kier alpha value is -6.38. The summed E-state index contributed by atoms with van der Waals surface area (Å²) >= 11 is 7.89. The summed E-state index contributed by atoms with van der Waals surface area (Å²) in [6.07, 6.45) is 0.421. The van der Waals surface area contributed by atoms with E-state index in [4.69, 9.17) is 40.1 Å². The summed E-state index contributed by atoms with van der Waals surface area (Å²) in [6.45, 7) is 1.34. The van der Waals surface area contributed by atoms with Crippen LogP contribution in [0.25, 0.3) is 0 Å². The zero-order valence-electron chi connectivity index (χ0n) is 40.3. The third kappa shape index (κ3) is 22.8. The summed E-state index contributed by atoms with van der Waals surface area (Å²) < 4.78 is 0. The van der Waals surface area contributed by atoms with Crippen LogP contribution in [0.4, 0.5) is 0 Å². The number of carbonyl (C=O) groups excluding carboxylic acids is 8. The first kappa shape index (κ1) is 63.6. The molecule has 1 heterocycles. The number of hydrogen-bond acceptors (Lipinski definition) is 17. The Balaban J connectivity index is 3.52. The highest BCUT2D eigenvalue weighted by Gasteiger charge is 2.40. The van der Waals surface area contributed by atoms with Crippen LogP contribution >= 0.6 is 25.3 Å². The largest absolute Gasteiger partial charge is 0.480 e. The number of carboxylic acids is 1. The first-order valence-electron chi connectivity index (χ1n) is 22.9. The number of thiol groups is 2. The van der Waals surface area contributed by atoms with Gasteiger partial charge in [0.25, 0.3) is 0 Å². The standard InChI is InChI=1S/C40H74N18O12S2/c1-19(2)28(35(67)56-26(18-72)37(69)70)57-33(65)25(16-60)55-31(63)21(7-3-11-48-38(42)43)51-30(62)22(8-4-12-49-39(44)45)52-34(66)27-10-6-14-58(27)36(68)23(9-5-13-50-40(46)47)53-32(64)24(15-59)54-29(61)20(41)17-71/h19-28,59-60,71-72H,3-18,41H2,1-2H3,(H,51,62)(H,52,66)(H,53,64)(H,54,61)(H,55,63)(H,56,67)(H,57,65)(H,69,70)(H4,42,43,48)(H4,44,45,49)(H4,46,47,50)/t20-,21-,22-,23-,24-,25-,26-,27-,28-/m0/s1. The molecule has 8 amide bonds. The lowest BCUT2D eigenvalue weighted by molar-refractivity contribution is -0.143. The van der Waals surface area contributed by atoms with Crippen LogP contribution in [0, 0.1) is 5.92 Å². The quantitative estimate of drug-likeness (QED) is 0.0126. The Bertz CT molecular complexity index is 1940. The number of hydrogen-bond donors (Lipinski definition) is 19. The molecule has 0 aliphatic carbocycles. The second-order valence-electron chi connectivity index (χ2n) is 16.8. The Labute approximate surface area is 427 Å². The van der Waals surface area contributed by atoms with Crippen LogP contribution < -0.4 is 77.4 Å². The molecule has 0 unspecified atom stereocenters. The Morgan fingerprint density at radius 1 is 0.569 bits per heavy atom. The summed E-state index contributed by atoms with van der Waals surface area (Å²) in [5.74, 6) is -10.1. The number of carbonyl (C=O) groups is 9. The van der Waals surface area contributed by atoms with E-state index in [1.807, 2.05) is 0 Å². The van der Waals surface area contributed by atoms with Gasteiger partial charge in [0.2, 0.25) is 47.3 Å². The Morgan fingerprint density at radius 3 is 1.40 bits per heavy atom. The molecular weight excluding hydrogens is 989 g/mol. The first-order valence-corrected chi connectivity index (χ1v) is 24.2. The second-order valence-corrected chi connectivity index (χ2v) is 17.5. The number of aliphatic imine (C=N–C) groups is 3. The molecule has 0 aromatic carbocycles. The number of guanidine groups is 3. The van der Waals surface area contributed by atoms with E-state index < -0.39 is 127 Å². The fraction of sp³-hybridized carbons (Fsp3) is 0.700. The molecule has 0 bridgehead atoms. The third-order valence-corrected chi connectivity index (χ3v) is 11.5. The van der Waals surface area contributed by atoms with E-state index in [0.29, 0.717) is 6.42 Å². The summed E-state index contributed by atoms with van der Waals surface area (Å²) in [5, 5.41) is 46.6. The van der Waals surface area contributed by atoms with Gasteiger partial charge >= 0.3 is 5.97 Å². The number of nitrogens with one attached hydrogen (secondary N) is 7. The van der Waals surface area contributed by atoms with Crippen LogP contribution in [0.15, 0.2) is 15.0 Å². The smallest absolute Gasteiger partial charge is 0.327 e. The molecule has 1 aliphatic rings. The molecule has 72 heavy (non-hydrogen) atoms. The lowest BCUT2D eigenvalue weighted by atomic mass is 10.0. The van der Waals surface area contributed by atoms with Gasteiger partial charge in [0.15, 0.2) is 17.9 Å². The number of amides is 8. The van der Waals surface area contributed by atoms with Crippen LogP contribution in [0.3, 0.4) is 0 Å². The second kappa shape index (κ2) is 33.3. The Kier molecular flexibility index (Phi) is 29.4. The van der Waals surface area contributed by atoms with Gasteiger partial charge in [0.1, 0.15) is 48.3 Å². The lowest BCUT2D eigenvalue weighted by Gasteiger charge is -2.31. The molecule has 1 saturated heterocycles. The average Bonchev–Trinajstić information content (AvgIpc) is 3.82. The molecule has 32 heteroatoms. The number of nitrogens with two attached hydrogens (primary N) is 7. The van der Waals surface area contributed by atoms with Crippen molar-refractivity contribution >= 4 is 96.4 Å². The van der Waals surface area contributed by atoms with Crippen LogP contribution in [-0.2, 0) is 43.2 Å². The lowest BCUT2D eigenvalue weighted by Crippen LogP contribution is -2.61. The van der Waals surface area contributed by atoms with Gasteiger partial charge in [0.05, 0.1) is 19.3 Å². The van der Waals surface area contributed by atoms with E-state index in [-0.39, 0.29) is 101 Å². The number of nitrogens with zero attached hydrogens (tertiary/aromatic N) is 4. The van der Waals surface area contributed by atoms with Crippen LogP contribution in [0.5, 0.6) is 0 Å². The number of carboxylic acid groups (broad SMARTS) is 1. The van der Waals surface area contributed by atoms with Gasteiger partial charge < -0.3 is 97.6 Å². The van der Waals surface area contributed by atoms with Gasteiger partial charge in [-0.05, 0) is 57.3 Å². The highest BCUT2D eigenvalue weighted by molar-refractivity contribution is 7.80. The van der Waals surface area contributed by atoms with Crippen molar-refractivity contribution < 1.29 is 58.5 Å². The first-order chi connectivity index (χ1) is 33.9. The maximum absolute atomic E-state index is 14.2. The van der Waals surface area contributed by atoms with E-state index in [0.717, 1.165) is 0 Å². The van der Waals surface area contributed by atoms with E-state index >= 15 is 0 Å². The van der Waals surface area contributed by atoms with Crippen molar-refractivity contribution in [2.45, 2.75) is 120 Å². The van der Waals surface area contributed by atoms with Gasteiger partial charge in [-0.25, -0.2) is 4.79 Å². The molecule has 0 saturated carbocycles. The number of aliphatic carboxylic acids is 1. The highest BCUT2D eigenvalue weighted by Crippen LogP contribution is 2.21. The zero-order chi connectivity index (χ0) is 54.7. The SMILES string of the molecule is CC(C)[C@H](NC(=O)[C@H](CO)NC(=O)[C@H](CCCN=C(N)N)NC(=O)[C@H](CCCN=C(N)N)NC(=O)[C@@H]1CCCN1C(=O)[C@H](CCCN=C(N)N)NC(=O)[C@H](CO)NC(=O)[C@@H](N)CS)C(=O)N[C@@H](CS)C(=O)O. The molecule has 0 spiro atoms. The van der Waals surface area contributed by atoms with Crippen molar-refractivity contribution in [2.75, 3.05) is 50.9 Å². The van der Waals surface area contributed by atoms with Gasteiger partial charge in [0, 0.05) is 37.7 Å². The molecule has 0 aromatic heterocycles. The predicted molar refractivity (Wildman–Crippen MR) is 270 cm³/mol. The molecular formula is C40H74N18O12S2. The average molecular weight is 1060 g/mol. The van der Waals surface area contributed by atoms with Crippen LogP contribution in [0.2, 0.25) is 0 Å². The van der Waals surface area contributed by atoms with Crippen molar-refractivity contribution in [1.29, 1.82) is 0 Å². The maximum Gasteiger partial charge on any atom is 0.327 e. The van der Waals surface area contributed by atoms with Gasteiger partial charge in [-0.3, -0.25) is 53.3 Å². The maximum atomic E-state index is 14.2. The van der Waals surface area contributed by atoms with E-state index in [1.165, 1.54) is 4.90 Å². The topological polar surface area (TPSA) is 521 Å². The van der Waals surface area contributed by atoms with Crippen molar-refractivity contribution in [3.8, 4) is 0 Å². The third-order valence-electron chi connectivity index (χ3n) is 10.8. The molecule has 30 nitrogen and oxygen atoms in total. The monoisotopic (exact) mass is 1060 g/mol. The van der Waals surface area contributed by atoms with E-state index in [1.54, 1.807) is 13.8 Å². The molecule has 1 aliphatic heterocycles. The van der Waals surface area contributed by atoms with E-state index in [2.05, 4.69) is 77.5 Å². The predicted octanol–water partition coefficient (Wildman–Crippen LogP) is -8.56. The number of likely N-dealkylation sites (tertiary alicyclic amines) is 1. The summed E-state index contributed by atoms with van der Waals surface area (Å²) in [6, 6.07) is -12.5. The summed E-state index contributed by atoms with van der Waals surface area (Å²) in [7, 11) is 0. The molecule has 1 rings (SSSR count). The van der Waals surface area contributed by atoms with Crippen LogP contribution in [0.1, 0.15) is 65.2 Å².